The molecule has 140 valence electrons. The van der Waals surface area contributed by atoms with Crippen LogP contribution in [0.2, 0.25) is 0 Å². The number of benzene rings is 1. The molecule has 0 spiro atoms. The fraction of sp³-hybridized carbons (Fsp3) is 0.211. The molecule has 2 heterocycles. The van der Waals surface area contributed by atoms with Gasteiger partial charge in [-0.05, 0) is 43.3 Å². The number of aliphatic hydroxyl groups excluding tert-OH is 1. The Morgan fingerprint density at radius 1 is 1.19 bits per heavy atom. The number of carbonyl (C=O) groups excluding carboxylic acids is 1. The van der Waals surface area contributed by atoms with Gasteiger partial charge in [0.05, 0.1) is 12.3 Å². The molecule has 0 fully saturated rings. The summed E-state index contributed by atoms with van der Waals surface area (Å²) in [6.07, 6.45) is 0.444. The number of hydrogen-bond acceptors (Lipinski definition) is 6. The number of aliphatic hydroxyl groups is 1. The smallest absolute Gasteiger partial charge is 0.224 e. The maximum absolute atomic E-state index is 11.5. The molecule has 0 atom stereocenters. The Hall–Kier alpha value is -2.84. The maximum Gasteiger partial charge on any atom is 0.224 e. The topological polar surface area (TPSA) is 103 Å². The summed E-state index contributed by atoms with van der Waals surface area (Å²) in [7, 11) is 0. The zero-order valence-electron chi connectivity index (χ0n) is 15.1. The van der Waals surface area contributed by atoms with E-state index in [-0.39, 0.29) is 12.5 Å². The second-order valence-electron chi connectivity index (χ2n) is 5.93. The molecule has 2 aromatic heterocycles. The lowest BCUT2D eigenvalue weighted by molar-refractivity contribution is -0.115. The highest BCUT2D eigenvalue weighted by atomic mass is 32.2. The van der Waals surface area contributed by atoms with Crippen molar-refractivity contribution in [2.45, 2.75) is 36.8 Å². The van der Waals surface area contributed by atoms with E-state index in [1.165, 1.54) is 11.8 Å². The minimum atomic E-state index is -0.148. The minimum Gasteiger partial charge on any atom is -0.390 e. The zero-order valence-corrected chi connectivity index (χ0v) is 15.9. The van der Waals surface area contributed by atoms with E-state index < -0.39 is 0 Å². The van der Waals surface area contributed by atoms with E-state index in [0.29, 0.717) is 17.9 Å². The highest BCUT2D eigenvalue weighted by Gasteiger charge is 2.07. The average molecular weight is 383 g/mol. The summed E-state index contributed by atoms with van der Waals surface area (Å²) in [6.45, 7) is 3.59. The molecule has 7 nitrogen and oxygen atoms in total. The van der Waals surface area contributed by atoms with Crippen molar-refractivity contribution >= 4 is 34.9 Å². The fourth-order valence-corrected chi connectivity index (χ4v) is 3.23. The third kappa shape index (κ3) is 5.32. The quantitative estimate of drug-likeness (QED) is 0.494. The Morgan fingerprint density at radius 3 is 2.59 bits per heavy atom. The highest BCUT2D eigenvalue weighted by molar-refractivity contribution is 7.99. The Balaban J connectivity index is 1.75. The van der Waals surface area contributed by atoms with Crippen molar-refractivity contribution < 1.29 is 9.90 Å². The molecule has 1 aromatic carbocycles. The second-order valence-corrected chi connectivity index (χ2v) is 7.03. The Kier molecular flexibility index (Phi) is 6.10. The van der Waals surface area contributed by atoms with E-state index in [0.717, 1.165) is 27.0 Å². The zero-order chi connectivity index (χ0) is 19.2. The molecular formula is C19H21N5O2S. The van der Waals surface area contributed by atoms with Crippen molar-refractivity contribution in [3.05, 3.63) is 53.9 Å². The van der Waals surface area contributed by atoms with E-state index in [4.69, 9.17) is 0 Å². The SMILES string of the molecule is CCC(=O)Nc1ccc(Sc2cc(Nc3cc(C)[nH]n3)cc(CO)n2)cc1. The number of amides is 1. The molecule has 0 bridgehead atoms. The molecule has 0 unspecified atom stereocenters. The highest BCUT2D eigenvalue weighted by Crippen LogP contribution is 2.30. The van der Waals surface area contributed by atoms with Crippen LogP contribution < -0.4 is 10.6 Å². The van der Waals surface area contributed by atoms with Crippen molar-refractivity contribution in [2.24, 2.45) is 0 Å². The molecule has 0 radical (unpaired) electrons. The molecule has 0 saturated heterocycles. The number of pyridine rings is 1. The third-order valence-corrected chi connectivity index (χ3v) is 4.60. The van der Waals surface area contributed by atoms with Gasteiger partial charge in [0.25, 0.3) is 0 Å². The number of carbonyl (C=O) groups is 1. The predicted octanol–water partition coefficient (Wildman–Crippen LogP) is 3.85. The monoisotopic (exact) mass is 383 g/mol. The van der Waals surface area contributed by atoms with Crippen LogP contribution in [0.15, 0.2) is 52.4 Å². The van der Waals surface area contributed by atoms with Crippen LogP contribution in [0.3, 0.4) is 0 Å². The van der Waals surface area contributed by atoms with Crippen LogP contribution in [-0.2, 0) is 11.4 Å². The second kappa shape index (κ2) is 8.70. The van der Waals surface area contributed by atoms with Crippen LogP contribution in [0, 0.1) is 6.92 Å². The molecule has 0 saturated carbocycles. The molecular weight excluding hydrogens is 362 g/mol. The van der Waals surface area contributed by atoms with Crippen molar-refractivity contribution in [3.63, 3.8) is 0 Å². The van der Waals surface area contributed by atoms with E-state index in [1.54, 1.807) is 6.07 Å². The first-order chi connectivity index (χ1) is 13.1. The van der Waals surface area contributed by atoms with Crippen molar-refractivity contribution in [3.8, 4) is 0 Å². The lowest BCUT2D eigenvalue weighted by Gasteiger charge is -2.09. The first-order valence-corrected chi connectivity index (χ1v) is 9.36. The van der Waals surface area contributed by atoms with Crippen LogP contribution in [-0.4, -0.2) is 26.2 Å². The fourth-order valence-electron chi connectivity index (χ4n) is 2.37. The predicted molar refractivity (Wildman–Crippen MR) is 106 cm³/mol. The summed E-state index contributed by atoms with van der Waals surface area (Å²) in [6, 6.07) is 13.2. The van der Waals surface area contributed by atoms with Gasteiger partial charge in [-0.2, -0.15) is 5.10 Å². The molecule has 3 aromatic rings. The summed E-state index contributed by atoms with van der Waals surface area (Å²) in [5, 5.41) is 23.3. The number of aromatic amines is 1. The van der Waals surface area contributed by atoms with Gasteiger partial charge in [0.15, 0.2) is 5.82 Å². The number of hydrogen-bond donors (Lipinski definition) is 4. The van der Waals surface area contributed by atoms with E-state index >= 15 is 0 Å². The average Bonchev–Trinajstić information content (AvgIpc) is 3.07. The van der Waals surface area contributed by atoms with Gasteiger partial charge in [0.1, 0.15) is 5.03 Å². The minimum absolute atomic E-state index is 0.0166. The van der Waals surface area contributed by atoms with Gasteiger partial charge in [-0.1, -0.05) is 18.7 Å². The molecule has 0 aliphatic carbocycles. The molecule has 3 rings (SSSR count). The largest absolute Gasteiger partial charge is 0.390 e. The summed E-state index contributed by atoms with van der Waals surface area (Å²) < 4.78 is 0. The van der Waals surface area contributed by atoms with Crippen LogP contribution in [0.1, 0.15) is 24.7 Å². The normalized spacial score (nSPS) is 10.6. The number of rotatable bonds is 7. The van der Waals surface area contributed by atoms with Crippen LogP contribution in [0.5, 0.6) is 0 Å². The number of nitrogens with one attached hydrogen (secondary N) is 3. The van der Waals surface area contributed by atoms with Gasteiger partial charge in [0, 0.05) is 34.5 Å². The first kappa shape index (κ1) is 18.9. The van der Waals surface area contributed by atoms with Crippen LogP contribution in [0.25, 0.3) is 0 Å². The van der Waals surface area contributed by atoms with Gasteiger partial charge in [-0.3, -0.25) is 9.89 Å². The molecule has 0 aliphatic rings. The molecule has 8 heteroatoms. The molecule has 0 aliphatic heterocycles. The van der Waals surface area contributed by atoms with E-state index in [2.05, 4.69) is 25.8 Å². The summed E-state index contributed by atoms with van der Waals surface area (Å²) >= 11 is 1.48. The first-order valence-electron chi connectivity index (χ1n) is 8.54. The Bertz CT molecular complexity index is 924. The van der Waals surface area contributed by atoms with Crippen LogP contribution in [0.4, 0.5) is 17.2 Å². The number of H-pyrrole nitrogens is 1. The summed E-state index contributed by atoms with van der Waals surface area (Å²) in [5.74, 6) is 0.687. The van der Waals surface area contributed by atoms with Gasteiger partial charge < -0.3 is 15.7 Å². The van der Waals surface area contributed by atoms with Crippen LogP contribution >= 0.6 is 11.8 Å². The van der Waals surface area contributed by atoms with Gasteiger partial charge >= 0.3 is 0 Å². The third-order valence-electron chi connectivity index (χ3n) is 3.68. The van der Waals surface area contributed by atoms with Crippen molar-refractivity contribution in [2.75, 3.05) is 10.6 Å². The maximum atomic E-state index is 11.5. The Morgan fingerprint density at radius 2 is 1.96 bits per heavy atom. The standard InChI is InChI=1S/C19H21N5O2S/c1-3-18(26)21-13-4-6-16(7-5-13)27-19-10-14(9-15(11-25)22-19)20-17-8-12(2)23-24-17/h4-10,25H,3,11H2,1-2H3,(H,21,26)(H2,20,22,23,24). The number of anilines is 3. The van der Waals surface area contributed by atoms with E-state index in [9.17, 15) is 9.90 Å². The number of aryl methyl sites for hydroxylation is 1. The number of aromatic nitrogens is 3. The van der Waals surface area contributed by atoms with Gasteiger partial charge in [-0.15, -0.1) is 0 Å². The summed E-state index contributed by atoms with van der Waals surface area (Å²) in [5.41, 5.74) is 3.09. The van der Waals surface area contributed by atoms with Crippen molar-refractivity contribution in [1.29, 1.82) is 0 Å². The number of nitrogens with zero attached hydrogens (tertiary/aromatic N) is 2. The lowest BCUT2D eigenvalue weighted by Crippen LogP contribution is -2.08. The Labute approximate surface area is 161 Å². The van der Waals surface area contributed by atoms with Gasteiger partial charge in [-0.25, -0.2) is 4.98 Å². The molecule has 4 N–H and O–H groups in total. The van der Waals surface area contributed by atoms with Crippen molar-refractivity contribution in [1.82, 2.24) is 15.2 Å². The molecule has 27 heavy (non-hydrogen) atoms. The lowest BCUT2D eigenvalue weighted by atomic mass is 10.3. The van der Waals surface area contributed by atoms with E-state index in [1.807, 2.05) is 50.2 Å². The van der Waals surface area contributed by atoms with Gasteiger partial charge in [0.2, 0.25) is 5.91 Å². The summed E-state index contributed by atoms with van der Waals surface area (Å²) in [4.78, 5) is 16.9. The molecule has 1 amide bonds.